The molecule has 0 aliphatic carbocycles. The lowest BCUT2D eigenvalue weighted by atomic mass is 9.96. The molecule has 1 amide bonds. The van der Waals surface area contributed by atoms with Gasteiger partial charge in [0.1, 0.15) is 11.6 Å². The minimum absolute atomic E-state index is 0.0944. The van der Waals surface area contributed by atoms with Gasteiger partial charge in [-0.15, -0.1) is 0 Å². The number of aryl methyl sites for hydroxylation is 1. The number of fused-ring (bicyclic) bond motifs is 1. The number of benzene rings is 1. The summed E-state index contributed by atoms with van der Waals surface area (Å²) in [5.41, 5.74) is 1.07. The van der Waals surface area contributed by atoms with E-state index in [2.05, 4.69) is 21.8 Å². The van der Waals surface area contributed by atoms with Crippen LogP contribution in [0.4, 0.5) is 0 Å². The smallest absolute Gasteiger partial charge is 0.220 e. The van der Waals surface area contributed by atoms with Gasteiger partial charge in [0.05, 0.1) is 7.11 Å². The minimum atomic E-state index is 0.0944. The van der Waals surface area contributed by atoms with Crippen LogP contribution in [0, 0.1) is 0 Å². The Balaban J connectivity index is 1.57. The lowest BCUT2D eigenvalue weighted by Crippen LogP contribution is -2.41. The molecule has 0 saturated heterocycles. The van der Waals surface area contributed by atoms with Crippen LogP contribution in [0.5, 0.6) is 5.75 Å². The van der Waals surface area contributed by atoms with E-state index in [9.17, 15) is 4.79 Å². The van der Waals surface area contributed by atoms with Gasteiger partial charge in [0.25, 0.3) is 0 Å². The zero-order valence-corrected chi connectivity index (χ0v) is 13.7. The maximum atomic E-state index is 12.4. The number of hydrogen-bond donors (Lipinski definition) is 1. The van der Waals surface area contributed by atoms with Crippen molar-refractivity contribution in [3.05, 3.63) is 48.0 Å². The molecule has 122 valence electrons. The molecular weight excluding hydrogens is 290 g/mol. The quantitative estimate of drug-likeness (QED) is 0.923. The molecule has 23 heavy (non-hydrogen) atoms. The van der Waals surface area contributed by atoms with Gasteiger partial charge >= 0.3 is 0 Å². The Bertz CT molecular complexity index is 680. The fraction of sp³-hybridized carbons (Fsp3) is 0.444. The first-order valence-electron chi connectivity index (χ1n) is 8.09. The molecule has 1 aliphatic rings. The maximum absolute atomic E-state index is 12.4. The van der Waals surface area contributed by atoms with E-state index in [1.807, 2.05) is 36.7 Å². The van der Waals surface area contributed by atoms with Crippen LogP contribution in [0.25, 0.3) is 0 Å². The van der Waals surface area contributed by atoms with Crippen LogP contribution in [0.15, 0.2) is 36.7 Å². The molecule has 2 atom stereocenters. The highest BCUT2D eigenvalue weighted by atomic mass is 16.5. The summed E-state index contributed by atoms with van der Waals surface area (Å²) in [5.74, 6) is 2.17. The Morgan fingerprint density at radius 1 is 1.48 bits per heavy atom. The van der Waals surface area contributed by atoms with Gasteiger partial charge in [-0.25, -0.2) is 4.98 Å². The van der Waals surface area contributed by atoms with Crippen molar-refractivity contribution in [1.29, 1.82) is 0 Å². The average molecular weight is 313 g/mol. The Kier molecular flexibility index (Phi) is 4.65. The van der Waals surface area contributed by atoms with Crippen molar-refractivity contribution in [3.8, 4) is 5.75 Å². The highest BCUT2D eigenvalue weighted by Crippen LogP contribution is 2.28. The number of nitrogens with zero attached hydrogens (tertiary/aromatic N) is 2. The maximum Gasteiger partial charge on any atom is 0.220 e. The van der Waals surface area contributed by atoms with Crippen LogP contribution in [-0.4, -0.2) is 28.6 Å². The summed E-state index contributed by atoms with van der Waals surface area (Å²) in [6.07, 6.45) is 6.13. The second-order valence-electron chi connectivity index (χ2n) is 6.15. The number of hydrogen-bond acceptors (Lipinski definition) is 3. The van der Waals surface area contributed by atoms with Crippen LogP contribution >= 0.6 is 0 Å². The molecule has 5 heteroatoms. The lowest BCUT2D eigenvalue weighted by molar-refractivity contribution is -0.122. The zero-order valence-electron chi connectivity index (χ0n) is 13.7. The molecule has 0 radical (unpaired) electrons. The molecule has 2 unspecified atom stereocenters. The summed E-state index contributed by atoms with van der Waals surface area (Å²) in [4.78, 5) is 16.7. The first kappa shape index (κ1) is 15.6. The summed E-state index contributed by atoms with van der Waals surface area (Å²) < 4.78 is 7.51. The van der Waals surface area contributed by atoms with Gasteiger partial charge in [0.2, 0.25) is 5.91 Å². The zero-order chi connectivity index (χ0) is 16.2. The van der Waals surface area contributed by atoms with Crippen molar-refractivity contribution in [2.75, 3.05) is 7.11 Å². The highest BCUT2D eigenvalue weighted by molar-refractivity contribution is 5.77. The second-order valence-corrected chi connectivity index (χ2v) is 6.15. The number of carbonyl (C=O) groups is 1. The first-order chi connectivity index (χ1) is 11.2. The Hall–Kier alpha value is -2.30. The van der Waals surface area contributed by atoms with Gasteiger partial charge in [-0.05, 0) is 24.0 Å². The molecular formula is C18H23N3O2. The first-order valence-corrected chi connectivity index (χ1v) is 8.09. The molecule has 1 aromatic heterocycles. The van der Waals surface area contributed by atoms with Gasteiger partial charge in [0, 0.05) is 37.8 Å². The van der Waals surface area contributed by atoms with Crippen molar-refractivity contribution >= 4 is 5.91 Å². The summed E-state index contributed by atoms with van der Waals surface area (Å²) >= 11 is 0. The van der Waals surface area contributed by atoms with E-state index < -0.39 is 0 Å². The molecule has 3 rings (SSSR count). The molecule has 2 aromatic rings. The molecule has 0 fully saturated rings. The van der Waals surface area contributed by atoms with Crippen molar-refractivity contribution in [2.45, 2.75) is 44.7 Å². The number of amides is 1. The molecule has 1 N–H and O–H groups in total. The fourth-order valence-electron chi connectivity index (χ4n) is 3.23. The van der Waals surface area contributed by atoms with Gasteiger partial charge in [-0.2, -0.15) is 0 Å². The van der Waals surface area contributed by atoms with Gasteiger partial charge in [0.15, 0.2) is 0 Å². The second kappa shape index (κ2) is 6.86. The van der Waals surface area contributed by atoms with Crippen molar-refractivity contribution in [1.82, 2.24) is 14.9 Å². The van der Waals surface area contributed by atoms with Crippen LogP contribution in [0.3, 0.4) is 0 Å². The number of ether oxygens (including phenoxy) is 1. The van der Waals surface area contributed by atoms with Crippen molar-refractivity contribution < 1.29 is 9.53 Å². The molecule has 0 spiro atoms. The summed E-state index contributed by atoms with van der Waals surface area (Å²) in [6, 6.07) is 8.07. The van der Waals surface area contributed by atoms with E-state index >= 15 is 0 Å². The number of carbonyl (C=O) groups excluding carboxylic acids is 1. The normalized spacial score (nSPS) is 18.1. The van der Waals surface area contributed by atoms with E-state index in [1.54, 1.807) is 7.11 Å². The highest BCUT2D eigenvalue weighted by Gasteiger charge is 2.22. The van der Waals surface area contributed by atoms with Crippen LogP contribution in [-0.2, 0) is 17.8 Å². The number of nitrogens with one attached hydrogen (secondary N) is 1. The Labute approximate surface area is 136 Å². The van der Waals surface area contributed by atoms with E-state index in [-0.39, 0.29) is 17.9 Å². The third kappa shape index (κ3) is 3.55. The van der Waals surface area contributed by atoms with E-state index in [4.69, 9.17) is 4.74 Å². The number of methoxy groups -OCH3 is 1. The topological polar surface area (TPSA) is 56.1 Å². The minimum Gasteiger partial charge on any atom is -0.496 e. The standard InChI is InChI=1S/C18H23N3O2/c1-13(15-5-3-4-6-16(15)23-2)11-18(22)20-14-7-8-17-19-9-10-21(17)12-14/h3-6,9-10,13-14H,7-8,11-12H2,1-2H3,(H,20,22). The fourth-order valence-corrected chi connectivity index (χ4v) is 3.23. The van der Waals surface area contributed by atoms with Gasteiger partial charge < -0.3 is 14.6 Å². The molecule has 0 saturated carbocycles. The third-order valence-corrected chi connectivity index (χ3v) is 4.46. The number of imidazole rings is 1. The predicted octanol–water partition coefficient (Wildman–Crippen LogP) is 2.52. The third-order valence-electron chi connectivity index (χ3n) is 4.46. The van der Waals surface area contributed by atoms with Crippen molar-refractivity contribution in [2.24, 2.45) is 0 Å². The Morgan fingerprint density at radius 2 is 2.30 bits per heavy atom. The lowest BCUT2D eigenvalue weighted by Gasteiger charge is -2.25. The molecule has 5 nitrogen and oxygen atoms in total. The largest absolute Gasteiger partial charge is 0.496 e. The van der Waals surface area contributed by atoms with Gasteiger partial charge in [-0.1, -0.05) is 25.1 Å². The molecule has 2 heterocycles. The number of aromatic nitrogens is 2. The molecule has 1 aromatic carbocycles. The Morgan fingerprint density at radius 3 is 3.13 bits per heavy atom. The molecule has 0 bridgehead atoms. The summed E-state index contributed by atoms with van der Waals surface area (Å²) in [6.45, 7) is 2.87. The van der Waals surface area contributed by atoms with E-state index in [0.717, 1.165) is 36.5 Å². The van der Waals surface area contributed by atoms with E-state index in [0.29, 0.717) is 6.42 Å². The van der Waals surface area contributed by atoms with Crippen LogP contribution in [0.1, 0.15) is 37.1 Å². The molecule has 1 aliphatic heterocycles. The number of rotatable bonds is 5. The average Bonchev–Trinajstić information content (AvgIpc) is 3.02. The number of para-hydroxylation sites is 1. The predicted molar refractivity (Wildman–Crippen MR) is 88.5 cm³/mol. The van der Waals surface area contributed by atoms with Crippen LogP contribution in [0.2, 0.25) is 0 Å². The van der Waals surface area contributed by atoms with Crippen molar-refractivity contribution in [3.63, 3.8) is 0 Å². The summed E-state index contributed by atoms with van der Waals surface area (Å²) in [7, 11) is 1.66. The van der Waals surface area contributed by atoms with E-state index in [1.165, 1.54) is 0 Å². The SMILES string of the molecule is COc1ccccc1C(C)CC(=O)NC1CCc2nccn2C1. The van der Waals surface area contributed by atoms with Gasteiger partial charge in [-0.3, -0.25) is 4.79 Å². The van der Waals surface area contributed by atoms with Crippen LogP contribution < -0.4 is 10.1 Å². The summed E-state index contributed by atoms with van der Waals surface area (Å²) in [5, 5.41) is 3.16. The monoisotopic (exact) mass is 313 g/mol.